The number of rotatable bonds is 3. The molecule has 2 aliphatic rings. The van der Waals surface area contributed by atoms with E-state index < -0.39 is 0 Å². The Labute approximate surface area is 153 Å². The van der Waals surface area contributed by atoms with Gasteiger partial charge in [-0.2, -0.15) is 5.10 Å². The summed E-state index contributed by atoms with van der Waals surface area (Å²) in [7, 11) is 2.13. The summed E-state index contributed by atoms with van der Waals surface area (Å²) in [6.45, 7) is 4.38. The molecule has 7 heteroatoms. The molecule has 0 bridgehead atoms. The Morgan fingerprint density at radius 3 is 2.85 bits per heavy atom. The van der Waals surface area contributed by atoms with E-state index in [0.29, 0.717) is 13.2 Å². The lowest BCUT2D eigenvalue weighted by Crippen LogP contribution is -2.63. The van der Waals surface area contributed by atoms with E-state index in [0.717, 1.165) is 43.9 Å². The number of ether oxygens (including phenoxy) is 1. The van der Waals surface area contributed by atoms with E-state index >= 15 is 0 Å². The summed E-state index contributed by atoms with van der Waals surface area (Å²) in [4.78, 5) is 16.9. The first-order chi connectivity index (χ1) is 12.7. The Morgan fingerprint density at radius 2 is 2.15 bits per heavy atom. The molecule has 7 nitrogen and oxygen atoms in total. The maximum absolute atomic E-state index is 12.6. The fraction of sp³-hybridized carbons (Fsp3) is 0.474. The monoisotopic (exact) mass is 355 g/mol. The molecule has 26 heavy (non-hydrogen) atoms. The van der Waals surface area contributed by atoms with Crippen LogP contribution in [0.3, 0.4) is 0 Å². The van der Waals surface area contributed by atoms with Crippen molar-refractivity contribution in [2.75, 3.05) is 39.9 Å². The lowest BCUT2D eigenvalue weighted by molar-refractivity contribution is 0.0224. The Morgan fingerprint density at radius 1 is 1.31 bits per heavy atom. The molecule has 138 valence electrons. The van der Waals surface area contributed by atoms with Crippen LogP contribution in [0.2, 0.25) is 0 Å². The number of amides is 2. The predicted octanol–water partition coefficient (Wildman–Crippen LogP) is 1.49. The quantitative estimate of drug-likeness (QED) is 0.906. The third-order valence-electron chi connectivity index (χ3n) is 5.52. The largest absolute Gasteiger partial charge is 0.379 e. The van der Waals surface area contributed by atoms with Crippen molar-refractivity contribution in [2.24, 2.45) is 0 Å². The maximum atomic E-state index is 12.6. The highest BCUT2D eigenvalue weighted by molar-refractivity contribution is 5.74. The van der Waals surface area contributed by atoms with Crippen molar-refractivity contribution in [3.8, 4) is 5.69 Å². The fourth-order valence-corrected chi connectivity index (χ4v) is 3.74. The molecule has 2 saturated heterocycles. The van der Waals surface area contributed by atoms with Gasteiger partial charge in [0.05, 0.1) is 17.8 Å². The number of carbonyl (C=O) groups excluding carboxylic acids is 1. The second-order valence-electron chi connectivity index (χ2n) is 7.15. The summed E-state index contributed by atoms with van der Waals surface area (Å²) in [5.41, 5.74) is 2.07. The van der Waals surface area contributed by atoms with Crippen LogP contribution in [0.1, 0.15) is 12.0 Å². The SMILES string of the molecule is CN1CCN(C(=O)NCc2ccc(-n3cccn3)cc2)CC12CCOC2. The zero-order valence-corrected chi connectivity index (χ0v) is 15.1. The van der Waals surface area contributed by atoms with Gasteiger partial charge < -0.3 is 15.0 Å². The molecule has 1 N–H and O–H groups in total. The molecule has 1 aromatic heterocycles. The molecule has 1 aromatic carbocycles. The van der Waals surface area contributed by atoms with Crippen LogP contribution >= 0.6 is 0 Å². The third-order valence-corrected chi connectivity index (χ3v) is 5.52. The van der Waals surface area contributed by atoms with Crippen LogP contribution < -0.4 is 5.32 Å². The van der Waals surface area contributed by atoms with Crippen LogP contribution in [-0.2, 0) is 11.3 Å². The van der Waals surface area contributed by atoms with E-state index in [1.807, 2.05) is 46.1 Å². The van der Waals surface area contributed by atoms with E-state index in [1.54, 1.807) is 6.20 Å². The number of hydrogen-bond acceptors (Lipinski definition) is 4. The Bertz CT molecular complexity index is 738. The predicted molar refractivity (Wildman–Crippen MR) is 98.2 cm³/mol. The van der Waals surface area contributed by atoms with E-state index in [1.165, 1.54) is 0 Å². The Kier molecular flexibility index (Phi) is 4.65. The normalized spacial score (nSPS) is 23.5. The molecule has 0 radical (unpaired) electrons. The first-order valence-corrected chi connectivity index (χ1v) is 9.07. The number of benzene rings is 1. The first kappa shape index (κ1) is 17.1. The van der Waals surface area contributed by atoms with Gasteiger partial charge in [-0.15, -0.1) is 0 Å². The van der Waals surface area contributed by atoms with Gasteiger partial charge in [-0.25, -0.2) is 9.48 Å². The van der Waals surface area contributed by atoms with Crippen LogP contribution in [-0.4, -0.2) is 71.0 Å². The number of hydrogen-bond donors (Lipinski definition) is 1. The van der Waals surface area contributed by atoms with Crippen LogP contribution in [0, 0.1) is 0 Å². The summed E-state index contributed by atoms with van der Waals surface area (Å²) in [5.74, 6) is 0. The van der Waals surface area contributed by atoms with E-state index in [-0.39, 0.29) is 11.6 Å². The number of urea groups is 1. The number of likely N-dealkylation sites (N-methyl/N-ethyl adjacent to an activating group) is 1. The number of piperazine rings is 1. The second-order valence-corrected chi connectivity index (χ2v) is 7.15. The van der Waals surface area contributed by atoms with Gasteiger partial charge in [0.2, 0.25) is 0 Å². The summed E-state index contributed by atoms with van der Waals surface area (Å²) < 4.78 is 7.42. The van der Waals surface area contributed by atoms with Crippen molar-refractivity contribution in [1.29, 1.82) is 0 Å². The molecule has 2 amide bonds. The highest BCUT2D eigenvalue weighted by atomic mass is 16.5. The van der Waals surface area contributed by atoms with Crippen LogP contribution in [0.4, 0.5) is 4.79 Å². The van der Waals surface area contributed by atoms with Gasteiger partial charge in [-0.3, -0.25) is 4.90 Å². The minimum atomic E-state index is -0.0129. The van der Waals surface area contributed by atoms with Crippen LogP contribution in [0.5, 0.6) is 0 Å². The van der Waals surface area contributed by atoms with Gasteiger partial charge in [-0.05, 0) is 37.2 Å². The smallest absolute Gasteiger partial charge is 0.317 e. The number of nitrogens with zero attached hydrogens (tertiary/aromatic N) is 4. The molecule has 4 rings (SSSR count). The summed E-state index contributed by atoms with van der Waals surface area (Å²) in [5, 5.41) is 7.27. The van der Waals surface area contributed by atoms with Crippen LogP contribution in [0.25, 0.3) is 5.69 Å². The molecule has 2 fully saturated rings. The first-order valence-electron chi connectivity index (χ1n) is 9.07. The highest BCUT2D eigenvalue weighted by Gasteiger charge is 2.44. The molecule has 0 aliphatic carbocycles. The zero-order valence-electron chi connectivity index (χ0n) is 15.1. The van der Waals surface area contributed by atoms with Crippen molar-refractivity contribution in [1.82, 2.24) is 24.9 Å². The van der Waals surface area contributed by atoms with Gasteiger partial charge >= 0.3 is 6.03 Å². The van der Waals surface area contributed by atoms with E-state index in [4.69, 9.17) is 4.74 Å². The van der Waals surface area contributed by atoms with Gasteiger partial charge in [-0.1, -0.05) is 12.1 Å². The Balaban J connectivity index is 1.34. The molecule has 2 aromatic rings. The minimum Gasteiger partial charge on any atom is -0.379 e. The molecule has 0 saturated carbocycles. The standard InChI is InChI=1S/C19H25N5O2/c1-22-10-11-23(14-19(22)7-12-26-15-19)18(25)20-13-16-3-5-17(6-4-16)24-9-2-8-21-24/h2-6,8-9H,7,10-15H2,1H3,(H,20,25). The van der Waals surface area contributed by atoms with E-state index in [9.17, 15) is 4.79 Å². The molecule has 2 aliphatic heterocycles. The van der Waals surface area contributed by atoms with Crippen molar-refractivity contribution >= 4 is 6.03 Å². The molecule has 1 spiro atoms. The summed E-state index contributed by atoms with van der Waals surface area (Å²) in [6.07, 6.45) is 4.65. The topological polar surface area (TPSA) is 62.6 Å². The van der Waals surface area contributed by atoms with Crippen LogP contribution in [0.15, 0.2) is 42.7 Å². The summed E-state index contributed by atoms with van der Waals surface area (Å²) in [6, 6.07) is 9.96. The molecule has 1 atom stereocenters. The van der Waals surface area contributed by atoms with Crippen molar-refractivity contribution < 1.29 is 9.53 Å². The number of carbonyl (C=O) groups is 1. The lowest BCUT2D eigenvalue weighted by Gasteiger charge is -2.46. The van der Waals surface area contributed by atoms with Crippen molar-refractivity contribution in [3.05, 3.63) is 48.3 Å². The minimum absolute atomic E-state index is 0.000489. The average molecular weight is 355 g/mol. The lowest BCUT2D eigenvalue weighted by atomic mass is 9.93. The van der Waals surface area contributed by atoms with Gasteiger partial charge in [0, 0.05) is 45.2 Å². The average Bonchev–Trinajstić information content (AvgIpc) is 3.35. The summed E-state index contributed by atoms with van der Waals surface area (Å²) >= 11 is 0. The molecule has 1 unspecified atom stereocenters. The van der Waals surface area contributed by atoms with Gasteiger partial charge in [0.25, 0.3) is 0 Å². The van der Waals surface area contributed by atoms with Gasteiger partial charge in [0.15, 0.2) is 0 Å². The molecular weight excluding hydrogens is 330 g/mol. The number of nitrogens with one attached hydrogen (secondary N) is 1. The molecule has 3 heterocycles. The Hall–Kier alpha value is -2.38. The number of aromatic nitrogens is 2. The molecular formula is C19H25N5O2. The van der Waals surface area contributed by atoms with Crippen molar-refractivity contribution in [2.45, 2.75) is 18.5 Å². The maximum Gasteiger partial charge on any atom is 0.317 e. The third kappa shape index (κ3) is 3.32. The van der Waals surface area contributed by atoms with E-state index in [2.05, 4.69) is 22.4 Å². The van der Waals surface area contributed by atoms with Gasteiger partial charge in [0.1, 0.15) is 0 Å². The fourth-order valence-electron chi connectivity index (χ4n) is 3.74. The van der Waals surface area contributed by atoms with Crippen molar-refractivity contribution in [3.63, 3.8) is 0 Å². The zero-order chi connectivity index (χ0) is 18.0. The highest BCUT2D eigenvalue weighted by Crippen LogP contribution is 2.29. The second kappa shape index (κ2) is 7.09.